The average molecular weight is 430 g/mol. The van der Waals surface area contributed by atoms with Gasteiger partial charge in [0, 0.05) is 38.3 Å². The van der Waals surface area contributed by atoms with Crippen molar-refractivity contribution >= 4 is 11.8 Å². The van der Waals surface area contributed by atoms with Crippen LogP contribution in [0, 0.1) is 0 Å². The van der Waals surface area contributed by atoms with Gasteiger partial charge in [-0.3, -0.25) is 14.5 Å². The minimum absolute atomic E-state index is 0.000213. The summed E-state index contributed by atoms with van der Waals surface area (Å²) in [6, 6.07) is 26.7. The molecular weight excluding hydrogens is 402 g/mol. The Morgan fingerprint density at radius 1 is 0.750 bits per heavy atom. The number of hydrogen-bond acceptors (Lipinski definition) is 4. The van der Waals surface area contributed by atoms with Crippen molar-refractivity contribution in [1.29, 1.82) is 0 Å². The van der Waals surface area contributed by atoms with Crippen molar-refractivity contribution in [3.8, 4) is 11.5 Å². The number of piperazine rings is 1. The van der Waals surface area contributed by atoms with E-state index in [0.29, 0.717) is 24.4 Å². The summed E-state index contributed by atoms with van der Waals surface area (Å²) in [5.41, 5.74) is 1.77. The molecule has 0 spiro atoms. The second-order valence-corrected chi connectivity index (χ2v) is 7.76. The average Bonchev–Trinajstić information content (AvgIpc) is 2.84. The first kappa shape index (κ1) is 21.6. The molecule has 0 radical (unpaired) electrons. The Morgan fingerprint density at radius 3 is 2.00 bits per heavy atom. The lowest BCUT2D eigenvalue weighted by Gasteiger charge is -2.34. The quantitative estimate of drug-likeness (QED) is 0.624. The van der Waals surface area contributed by atoms with Gasteiger partial charge in [0.25, 0.3) is 5.91 Å². The molecule has 1 fully saturated rings. The van der Waals surface area contributed by atoms with Crippen molar-refractivity contribution in [3.63, 3.8) is 0 Å². The third-order valence-electron chi connectivity index (χ3n) is 5.47. The highest BCUT2D eigenvalue weighted by atomic mass is 16.5. The van der Waals surface area contributed by atoms with Crippen molar-refractivity contribution in [2.75, 3.05) is 32.7 Å². The van der Waals surface area contributed by atoms with Gasteiger partial charge in [-0.05, 0) is 42.0 Å². The molecule has 0 aromatic heterocycles. The topological polar surface area (TPSA) is 61.9 Å². The van der Waals surface area contributed by atoms with E-state index in [1.54, 1.807) is 24.3 Å². The van der Waals surface area contributed by atoms with Gasteiger partial charge in [0.2, 0.25) is 5.91 Å². The molecule has 0 saturated carbocycles. The molecule has 1 saturated heterocycles. The summed E-state index contributed by atoms with van der Waals surface area (Å²) in [5, 5.41) is 2.73. The molecule has 2 amide bonds. The van der Waals surface area contributed by atoms with Gasteiger partial charge in [-0.1, -0.05) is 48.5 Å². The second kappa shape index (κ2) is 10.6. The lowest BCUT2D eigenvalue weighted by Crippen LogP contribution is -2.50. The van der Waals surface area contributed by atoms with Crippen LogP contribution in [0.25, 0.3) is 0 Å². The van der Waals surface area contributed by atoms with Gasteiger partial charge in [-0.15, -0.1) is 0 Å². The monoisotopic (exact) mass is 429 g/mol. The Labute approximate surface area is 188 Å². The Balaban J connectivity index is 1.20. The summed E-state index contributed by atoms with van der Waals surface area (Å²) in [4.78, 5) is 29.1. The van der Waals surface area contributed by atoms with Gasteiger partial charge in [-0.25, -0.2) is 0 Å². The molecule has 3 aromatic rings. The van der Waals surface area contributed by atoms with Crippen LogP contribution in [0.4, 0.5) is 0 Å². The molecule has 0 atom stereocenters. The Morgan fingerprint density at radius 2 is 1.34 bits per heavy atom. The second-order valence-electron chi connectivity index (χ2n) is 7.76. The van der Waals surface area contributed by atoms with E-state index in [2.05, 4.69) is 22.3 Å². The van der Waals surface area contributed by atoms with E-state index in [9.17, 15) is 9.59 Å². The van der Waals surface area contributed by atoms with Gasteiger partial charge in [0.1, 0.15) is 11.5 Å². The number of nitrogens with one attached hydrogen (secondary N) is 1. The smallest absolute Gasteiger partial charge is 0.251 e. The van der Waals surface area contributed by atoms with Crippen LogP contribution >= 0.6 is 0 Å². The van der Waals surface area contributed by atoms with Crippen LogP contribution in [-0.4, -0.2) is 54.3 Å². The zero-order valence-corrected chi connectivity index (χ0v) is 17.9. The zero-order chi connectivity index (χ0) is 22.2. The summed E-state index contributed by atoms with van der Waals surface area (Å²) >= 11 is 0. The molecule has 32 heavy (non-hydrogen) atoms. The van der Waals surface area contributed by atoms with E-state index in [1.165, 1.54) is 5.56 Å². The molecule has 1 N–H and O–H groups in total. The first-order valence-corrected chi connectivity index (χ1v) is 10.8. The summed E-state index contributed by atoms with van der Waals surface area (Å²) in [6.07, 6.45) is 0. The fourth-order valence-corrected chi connectivity index (χ4v) is 3.67. The molecule has 164 valence electrons. The lowest BCUT2D eigenvalue weighted by molar-refractivity contribution is -0.131. The van der Waals surface area contributed by atoms with Gasteiger partial charge >= 0.3 is 0 Å². The predicted octanol–water partition coefficient (Wildman–Crippen LogP) is 3.55. The highest BCUT2D eigenvalue weighted by Crippen LogP contribution is 2.21. The standard InChI is InChI=1S/C26H27N3O3/c30-25(29-17-15-28(16-18-29)20-21-7-3-1-4-8-21)19-27-26(31)22-11-13-24(14-12-22)32-23-9-5-2-6-10-23/h1-14H,15-20H2,(H,27,31). The van der Waals surface area contributed by atoms with Crippen molar-refractivity contribution < 1.29 is 14.3 Å². The molecule has 0 aliphatic carbocycles. The third-order valence-corrected chi connectivity index (χ3v) is 5.47. The molecule has 4 rings (SSSR count). The Hall–Kier alpha value is -3.64. The van der Waals surface area contributed by atoms with Crippen LogP contribution in [0.1, 0.15) is 15.9 Å². The maximum atomic E-state index is 12.5. The molecule has 1 heterocycles. The number of amides is 2. The zero-order valence-electron chi connectivity index (χ0n) is 17.9. The van der Waals surface area contributed by atoms with E-state index in [0.717, 1.165) is 25.4 Å². The van der Waals surface area contributed by atoms with E-state index in [4.69, 9.17) is 4.74 Å². The Bertz CT molecular complexity index is 1020. The predicted molar refractivity (Wildman–Crippen MR) is 124 cm³/mol. The van der Waals surface area contributed by atoms with E-state index < -0.39 is 0 Å². The number of para-hydroxylation sites is 1. The largest absolute Gasteiger partial charge is 0.457 e. The number of carbonyl (C=O) groups is 2. The summed E-state index contributed by atoms with van der Waals surface area (Å²) in [6.45, 7) is 3.90. The number of ether oxygens (including phenoxy) is 1. The maximum absolute atomic E-state index is 12.5. The van der Waals surface area contributed by atoms with E-state index >= 15 is 0 Å². The summed E-state index contributed by atoms with van der Waals surface area (Å²) in [7, 11) is 0. The van der Waals surface area contributed by atoms with Crippen LogP contribution in [0.15, 0.2) is 84.9 Å². The fourth-order valence-electron chi connectivity index (χ4n) is 3.67. The van der Waals surface area contributed by atoms with Crippen molar-refractivity contribution in [2.24, 2.45) is 0 Å². The normalized spacial score (nSPS) is 14.1. The maximum Gasteiger partial charge on any atom is 0.251 e. The molecule has 0 bridgehead atoms. The SMILES string of the molecule is O=C(NCC(=O)N1CCN(Cc2ccccc2)CC1)c1ccc(Oc2ccccc2)cc1. The van der Waals surface area contributed by atoms with Crippen LogP contribution in [0.2, 0.25) is 0 Å². The first-order chi connectivity index (χ1) is 15.7. The number of benzene rings is 3. The molecule has 1 aliphatic heterocycles. The first-order valence-electron chi connectivity index (χ1n) is 10.8. The molecular formula is C26H27N3O3. The molecule has 6 heteroatoms. The minimum atomic E-state index is -0.271. The molecule has 0 unspecified atom stereocenters. The number of hydrogen-bond donors (Lipinski definition) is 1. The highest BCUT2D eigenvalue weighted by molar-refractivity contribution is 5.96. The Kier molecular flexibility index (Phi) is 7.15. The fraction of sp³-hybridized carbons (Fsp3) is 0.231. The third kappa shape index (κ3) is 5.95. The van der Waals surface area contributed by atoms with Crippen molar-refractivity contribution in [3.05, 3.63) is 96.1 Å². The summed E-state index contributed by atoms with van der Waals surface area (Å²) in [5.74, 6) is 1.06. The lowest BCUT2D eigenvalue weighted by atomic mass is 10.2. The van der Waals surface area contributed by atoms with E-state index in [1.807, 2.05) is 53.4 Å². The van der Waals surface area contributed by atoms with Gasteiger partial charge in [0.15, 0.2) is 0 Å². The molecule has 1 aliphatic rings. The summed E-state index contributed by atoms with van der Waals surface area (Å²) < 4.78 is 5.74. The van der Waals surface area contributed by atoms with Gasteiger partial charge in [0.05, 0.1) is 6.54 Å². The van der Waals surface area contributed by atoms with E-state index in [-0.39, 0.29) is 18.4 Å². The van der Waals surface area contributed by atoms with Crippen molar-refractivity contribution in [1.82, 2.24) is 15.1 Å². The van der Waals surface area contributed by atoms with Crippen LogP contribution in [-0.2, 0) is 11.3 Å². The van der Waals surface area contributed by atoms with Crippen LogP contribution in [0.3, 0.4) is 0 Å². The molecule has 6 nitrogen and oxygen atoms in total. The number of carbonyl (C=O) groups excluding carboxylic acids is 2. The highest BCUT2D eigenvalue weighted by Gasteiger charge is 2.21. The number of rotatable bonds is 7. The number of nitrogens with zero attached hydrogens (tertiary/aromatic N) is 2. The minimum Gasteiger partial charge on any atom is -0.457 e. The van der Waals surface area contributed by atoms with Gasteiger partial charge < -0.3 is 15.0 Å². The van der Waals surface area contributed by atoms with Gasteiger partial charge in [-0.2, -0.15) is 0 Å². The van der Waals surface area contributed by atoms with Crippen molar-refractivity contribution in [2.45, 2.75) is 6.54 Å². The van der Waals surface area contributed by atoms with Crippen LogP contribution < -0.4 is 10.1 Å². The molecule has 3 aromatic carbocycles. The van der Waals surface area contributed by atoms with Crippen LogP contribution in [0.5, 0.6) is 11.5 Å².